The van der Waals surface area contributed by atoms with Crippen molar-refractivity contribution in [1.82, 2.24) is 20.3 Å². The number of aromatic nitrogens is 3. The molecule has 41 heavy (non-hydrogen) atoms. The molecular weight excluding hydrogens is 516 g/mol. The largest absolute Gasteiger partial charge is 0.549 e. The maximum atomic E-state index is 12.4. The van der Waals surface area contributed by atoms with Crippen LogP contribution in [0, 0.1) is 0 Å². The summed E-state index contributed by atoms with van der Waals surface area (Å²) in [5, 5.41) is 15.8. The molecule has 1 atom stereocenters. The number of rotatable bonds is 7. The van der Waals surface area contributed by atoms with Crippen molar-refractivity contribution in [1.29, 1.82) is 0 Å². The highest BCUT2D eigenvalue weighted by Crippen LogP contribution is 2.36. The molecule has 0 spiro atoms. The van der Waals surface area contributed by atoms with E-state index in [4.69, 9.17) is 9.72 Å². The number of carboxylic acids is 1. The van der Waals surface area contributed by atoms with Crippen LogP contribution < -0.4 is 10.4 Å². The summed E-state index contributed by atoms with van der Waals surface area (Å²) in [6.07, 6.45) is 4.19. The fourth-order valence-corrected chi connectivity index (χ4v) is 4.64. The van der Waals surface area contributed by atoms with Gasteiger partial charge in [-0.05, 0) is 61.7 Å². The van der Waals surface area contributed by atoms with E-state index in [1.54, 1.807) is 36.8 Å². The minimum absolute atomic E-state index is 0.320. The van der Waals surface area contributed by atoms with Crippen LogP contribution in [-0.4, -0.2) is 32.6 Å². The van der Waals surface area contributed by atoms with Gasteiger partial charge in [-0.15, -0.1) is 0 Å². The number of ether oxygens (including phenoxy) is 1. The van der Waals surface area contributed by atoms with Crippen molar-refractivity contribution in [2.75, 3.05) is 0 Å². The maximum Gasteiger partial charge on any atom is 0.407 e. The molecule has 5 rings (SSSR count). The average molecular weight is 546 g/mol. The van der Waals surface area contributed by atoms with Gasteiger partial charge < -0.3 is 20.0 Å². The molecular formula is C33H29N4O4-. The second-order valence-electron chi connectivity index (χ2n) is 10.6. The standard InChI is InChI=1S/C33H30N4O4/c1-33(2,3)41-32(40)36-20-21-9-11-24(12-10-21)29-25(22-7-5-4-6-8-22)19-26-27(37-29)15-18-35-30(26)28(31(38)39)23-13-16-34-17-14-23/h4-19,28H,20H2,1-3H3,(H,36,40)(H,38,39)/p-1. The fraction of sp³-hybridized carbons (Fsp3) is 0.182. The van der Waals surface area contributed by atoms with E-state index in [1.807, 2.05) is 81.4 Å². The first-order valence-corrected chi connectivity index (χ1v) is 13.2. The molecule has 0 fully saturated rings. The van der Waals surface area contributed by atoms with Gasteiger partial charge in [0.2, 0.25) is 0 Å². The summed E-state index contributed by atoms with van der Waals surface area (Å²) in [6, 6.07) is 24.6. The van der Waals surface area contributed by atoms with Gasteiger partial charge in [-0.25, -0.2) is 9.78 Å². The number of pyridine rings is 3. The number of amides is 1. The second-order valence-corrected chi connectivity index (χ2v) is 10.6. The van der Waals surface area contributed by atoms with Gasteiger partial charge in [0.05, 0.1) is 28.8 Å². The summed E-state index contributed by atoms with van der Waals surface area (Å²) in [5.41, 5.74) is 5.20. The van der Waals surface area contributed by atoms with E-state index in [1.165, 1.54) is 0 Å². The van der Waals surface area contributed by atoms with Crippen molar-refractivity contribution in [3.05, 3.63) is 114 Å². The lowest BCUT2D eigenvalue weighted by Crippen LogP contribution is -2.32. The number of nitrogens with one attached hydrogen (secondary N) is 1. The van der Waals surface area contributed by atoms with E-state index >= 15 is 0 Å². The predicted octanol–water partition coefficient (Wildman–Crippen LogP) is 5.27. The summed E-state index contributed by atoms with van der Waals surface area (Å²) in [5.74, 6) is -2.34. The molecule has 1 amide bonds. The Hall–Kier alpha value is -5.11. The minimum atomic E-state index is -1.25. The van der Waals surface area contributed by atoms with E-state index < -0.39 is 23.6 Å². The molecule has 8 nitrogen and oxygen atoms in total. The first kappa shape index (κ1) is 27.5. The number of alkyl carbamates (subject to hydrolysis) is 1. The number of benzene rings is 2. The quantitative estimate of drug-likeness (QED) is 0.296. The van der Waals surface area contributed by atoms with Gasteiger partial charge in [0, 0.05) is 41.6 Å². The van der Waals surface area contributed by atoms with Crippen molar-refractivity contribution in [2.24, 2.45) is 0 Å². The van der Waals surface area contributed by atoms with Crippen LogP contribution in [0.4, 0.5) is 4.79 Å². The van der Waals surface area contributed by atoms with E-state index in [0.29, 0.717) is 28.7 Å². The van der Waals surface area contributed by atoms with Crippen LogP contribution in [0.3, 0.4) is 0 Å². The van der Waals surface area contributed by atoms with Crippen LogP contribution in [0.5, 0.6) is 0 Å². The number of carbonyl (C=O) groups is 2. The number of carbonyl (C=O) groups excluding carboxylic acids is 2. The Kier molecular flexibility index (Phi) is 7.74. The molecule has 1 unspecified atom stereocenters. The van der Waals surface area contributed by atoms with Crippen molar-refractivity contribution in [3.63, 3.8) is 0 Å². The number of nitrogens with zero attached hydrogens (tertiary/aromatic N) is 3. The number of carboxylic acid groups (broad SMARTS) is 1. The summed E-state index contributed by atoms with van der Waals surface area (Å²) in [7, 11) is 0. The van der Waals surface area contributed by atoms with E-state index in [9.17, 15) is 14.7 Å². The summed E-state index contributed by atoms with van der Waals surface area (Å²) in [4.78, 5) is 37.9. The van der Waals surface area contributed by atoms with Gasteiger partial charge in [-0.3, -0.25) is 9.97 Å². The van der Waals surface area contributed by atoms with Crippen LogP contribution in [0.15, 0.2) is 97.5 Å². The number of fused-ring (bicyclic) bond motifs is 1. The molecule has 3 heterocycles. The number of hydrogen-bond acceptors (Lipinski definition) is 7. The summed E-state index contributed by atoms with van der Waals surface area (Å²) < 4.78 is 5.32. The van der Waals surface area contributed by atoms with Crippen LogP contribution >= 0.6 is 0 Å². The zero-order valence-electron chi connectivity index (χ0n) is 23.0. The number of hydrogen-bond donors (Lipinski definition) is 1. The van der Waals surface area contributed by atoms with Crippen molar-refractivity contribution in [3.8, 4) is 22.4 Å². The van der Waals surface area contributed by atoms with Gasteiger partial charge >= 0.3 is 6.09 Å². The number of aliphatic carboxylic acids is 1. The van der Waals surface area contributed by atoms with Gasteiger partial charge in [0.1, 0.15) is 5.60 Å². The SMILES string of the molecule is CC(C)(C)OC(=O)NCc1ccc(-c2nc3ccnc(C(C(=O)[O-])c4ccncc4)c3cc2-c2ccccc2)cc1. The molecule has 1 N–H and O–H groups in total. The van der Waals surface area contributed by atoms with Gasteiger partial charge in [-0.2, -0.15) is 0 Å². The third-order valence-corrected chi connectivity index (χ3v) is 6.47. The highest BCUT2D eigenvalue weighted by atomic mass is 16.6. The molecule has 206 valence electrons. The molecule has 2 aromatic carbocycles. The van der Waals surface area contributed by atoms with E-state index in [-0.39, 0.29) is 0 Å². The Morgan fingerprint density at radius 3 is 2.27 bits per heavy atom. The molecule has 8 heteroatoms. The Bertz CT molecular complexity index is 1680. The Labute approximate surface area is 238 Å². The van der Waals surface area contributed by atoms with Gasteiger partial charge in [-0.1, -0.05) is 54.6 Å². The lowest BCUT2D eigenvalue weighted by Gasteiger charge is -2.21. The lowest BCUT2D eigenvalue weighted by atomic mass is 9.91. The maximum absolute atomic E-state index is 12.4. The normalized spacial score (nSPS) is 12.1. The van der Waals surface area contributed by atoms with Gasteiger partial charge in [0.15, 0.2) is 0 Å². The van der Waals surface area contributed by atoms with Crippen molar-refractivity contribution >= 4 is 23.0 Å². The third-order valence-electron chi connectivity index (χ3n) is 6.47. The fourth-order valence-electron chi connectivity index (χ4n) is 4.64. The molecule has 0 aliphatic heterocycles. The van der Waals surface area contributed by atoms with E-state index in [0.717, 1.165) is 27.9 Å². The zero-order valence-corrected chi connectivity index (χ0v) is 23.0. The molecule has 3 aromatic heterocycles. The molecule has 0 aliphatic carbocycles. The van der Waals surface area contributed by atoms with Crippen molar-refractivity contribution in [2.45, 2.75) is 38.8 Å². The zero-order chi connectivity index (χ0) is 29.0. The van der Waals surface area contributed by atoms with Crippen LogP contribution in [0.25, 0.3) is 33.3 Å². The highest BCUT2D eigenvalue weighted by Gasteiger charge is 2.22. The Morgan fingerprint density at radius 1 is 0.902 bits per heavy atom. The first-order chi connectivity index (χ1) is 19.7. The molecule has 0 bridgehead atoms. The smallest absolute Gasteiger partial charge is 0.407 e. The molecule has 0 saturated carbocycles. The van der Waals surface area contributed by atoms with Crippen molar-refractivity contribution < 1.29 is 19.4 Å². The second kappa shape index (κ2) is 11.6. The summed E-state index contributed by atoms with van der Waals surface area (Å²) >= 11 is 0. The highest BCUT2D eigenvalue weighted by molar-refractivity contribution is 5.95. The molecule has 0 aliphatic rings. The Balaban J connectivity index is 1.57. The van der Waals surface area contributed by atoms with Crippen LogP contribution in [0.2, 0.25) is 0 Å². The van der Waals surface area contributed by atoms with E-state index in [2.05, 4.69) is 15.3 Å². The predicted molar refractivity (Wildman–Crippen MR) is 155 cm³/mol. The average Bonchev–Trinajstić information content (AvgIpc) is 2.96. The molecule has 5 aromatic rings. The van der Waals surface area contributed by atoms with Crippen LogP contribution in [-0.2, 0) is 16.1 Å². The topological polar surface area (TPSA) is 117 Å². The first-order valence-electron chi connectivity index (χ1n) is 13.2. The molecule has 0 radical (unpaired) electrons. The van der Waals surface area contributed by atoms with Gasteiger partial charge in [0.25, 0.3) is 0 Å². The summed E-state index contributed by atoms with van der Waals surface area (Å²) in [6.45, 7) is 5.78. The minimum Gasteiger partial charge on any atom is -0.549 e. The molecule has 0 saturated heterocycles. The van der Waals surface area contributed by atoms with Crippen LogP contribution in [0.1, 0.15) is 43.5 Å². The Morgan fingerprint density at radius 2 is 1.61 bits per heavy atom. The third kappa shape index (κ3) is 6.38. The lowest BCUT2D eigenvalue weighted by molar-refractivity contribution is -0.306. The monoisotopic (exact) mass is 545 g/mol.